The molecule has 0 saturated heterocycles. The number of rotatable bonds is 0. The van der Waals surface area contributed by atoms with Crippen molar-refractivity contribution in [1.82, 2.24) is 0 Å². The molecule has 3 heteroatoms. The van der Waals surface area contributed by atoms with E-state index in [1.807, 2.05) is 6.92 Å². The highest BCUT2D eigenvalue weighted by atomic mass is 35.6. The fourth-order valence-electron chi connectivity index (χ4n) is 0. The Hall–Kier alpha value is 1.17. The lowest BCUT2D eigenvalue weighted by molar-refractivity contribution is 1.54. The summed E-state index contributed by atoms with van der Waals surface area (Å²) < 4.78 is 0. The van der Waals surface area contributed by atoms with Gasteiger partial charge in [-0.25, -0.2) is 0 Å². The Balaban J connectivity index is 0. The fourth-order valence-corrected chi connectivity index (χ4v) is 0. The molecular formula is C2H8AlClS. The smallest absolute Gasteiger partial charge is 0.273 e. The van der Waals surface area contributed by atoms with Crippen molar-refractivity contribution in [1.29, 1.82) is 0 Å². The van der Waals surface area contributed by atoms with Crippen molar-refractivity contribution in [2.75, 3.05) is 5.75 Å². The molecule has 0 heterocycles. The van der Waals surface area contributed by atoms with E-state index in [4.69, 9.17) is 10.0 Å². The molecule has 0 saturated carbocycles. The van der Waals surface area contributed by atoms with Gasteiger partial charge in [0.15, 0.2) is 0 Å². The predicted molar refractivity (Wildman–Crippen MR) is 33.9 cm³/mol. The molecule has 0 aliphatic carbocycles. The maximum Gasteiger partial charge on any atom is 0.353 e. The van der Waals surface area contributed by atoms with Crippen LogP contribution in [0.25, 0.3) is 0 Å². The van der Waals surface area contributed by atoms with Crippen LogP contribution in [0.1, 0.15) is 6.92 Å². The van der Waals surface area contributed by atoms with Gasteiger partial charge in [-0.15, -0.1) is 0 Å². The minimum atomic E-state index is 0.778. The molecule has 0 radical (unpaired) electrons. The van der Waals surface area contributed by atoms with Crippen molar-refractivity contribution in [3.63, 3.8) is 0 Å². The second-order valence-corrected chi connectivity index (χ2v) is 0.949. The van der Waals surface area contributed by atoms with Gasteiger partial charge in [0.1, 0.15) is 0 Å². The van der Waals surface area contributed by atoms with E-state index >= 15 is 0 Å². The molecule has 0 bridgehead atoms. The van der Waals surface area contributed by atoms with Crippen LogP contribution < -0.4 is 0 Å². The minimum absolute atomic E-state index is 0.778. The minimum Gasteiger partial charge on any atom is -0.273 e. The van der Waals surface area contributed by atoms with Crippen LogP contribution in [0.4, 0.5) is 0 Å². The first-order valence-corrected chi connectivity index (χ1v) is 5.06. The molecule has 0 aliphatic rings. The summed E-state index contributed by atoms with van der Waals surface area (Å²) in [5.74, 6) is 0.944. The van der Waals surface area contributed by atoms with E-state index in [0.29, 0.717) is 0 Å². The zero-order valence-electron chi connectivity index (χ0n) is 3.53. The van der Waals surface area contributed by atoms with Crippen molar-refractivity contribution < 1.29 is 0 Å². The van der Waals surface area contributed by atoms with E-state index in [2.05, 4.69) is 12.6 Å². The Morgan fingerprint density at radius 3 is 1.80 bits per heavy atom. The summed E-state index contributed by atoms with van der Waals surface area (Å²) in [6.45, 7) is 1.99. The zero-order chi connectivity index (χ0) is 4.71. The standard InChI is InChI=1S/C2H6S.Al.ClH.2H/c1-2-3;;;;/h3H,2H2,1H3;;1H;;/q;+1;;;/p-1. The monoisotopic (exact) mass is 126 g/mol. The second-order valence-electron chi connectivity index (χ2n) is 0.316. The van der Waals surface area contributed by atoms with Crippen LogP contribution in [-0.4, -0.2) is 21.1 Å². The Kier molecular flexibility index (Phi) is 36.2. The van der Waals surface area contributed by atoms with E-state index in [1.165, 1.54) is 0 Å². The molecule has 0 spiro atoms. The molecule has 0 atom stereocenters. The molecule has 0 unspecified atom stereocenters. The molecule has 32 valence electrons. The lowest BCUT2D eigenvalue weighted by atomic mass is 11.0. The van der Waals surface area contributed by atoms with Gasteiger partial charge in [0, 0.05) is 0 Å². The summed E-state index contributed by atoms with van der Waals surface area (Å²) in [6, 6.07) is 0. The van der Waals surface area contributed by atoms with Gasteiger partial charge in [-0.3, -0.25) is 10.0 Å². The summed E-state index contributed by atoms with van der Waals surface area (Å²) >= 11 is 4.57. The molecule has 0 aromatic heterocycles. The number of halogens is 1. The van der Waals surface area contributed by atoms with E-state index in [1.54, 1.807) is 0 Å². The molecule has 0 amide bonds. The summed E-state index contributed by atoms with van der Waals surface area (Å²) in [6.07, 6.45) is 0. The molecule has 0 rings (SSSR count). The Bertz CT molecular complexity index is 9.61. The van der Waals surface area contributed by atoms with Gasteiger partial charge in [-0.05, 0) is 5.75 Å². The third kappa shape index (κ3) is 37.9. The SMILES string of the molecule is CCS.[AlH2][Cl]. The molecule has 0 aromatic carbocycles. The highest BCUT2D eigenvalue weighted by molar-refractivity contribution is 7.80. The number of hydrogen-bond acceptors (Lipinski definition) is 1. The van der Waals surface area contributed by atoms with Gasteiger partial charge in [0.05, 0.1) is 0 Å². The maximum atomic E-state index is 4.78. The summed E-state index contributed by atoms with van der Waals surface area (Å²) in [5.41, 5.74) is 0. The quantitative estimate of drug-likeness (QED) is 0.359. The lowest BCUT2D eigenvalue weighted by Crippen LogP contribution is -1.36. The van der Waals surface area contributed by atoms with Crippen LogP contribution in [0.3, 0.4) is 0 Å². The van der Waals surface area contributed by atoms with Crippen molar-refractivity contribution in [2.24, 2.45) is 0 Å². The molecular weight excluding hydrogens is 119 g/mol. The summed E-state index contributed by atoms with van der Waals surface area (Å²) in [7, 11) is 4.78. The van der Waals surface area contributed by atoms with Crippen molar-refractivity contribution >= 4 is 38.0 Å². The van der Waals surface area contributed by atoms with E-state index in [0.717, 1.165) is 21.1 Å². The van der Waals surface area contributed by atoms with Crippen molar-refractivity contribution in [3.05, 3.63) is 0 Å². The van der Waals surface area contributed by atoms with Crippen LogP contribution in [0.2, 0.25) is 0 Å². The van der Waals surface area contributed by atoms with Crippen LogP contribution >= 0.6 is 22.7 Å². The Labute approximate surface area is 50.9 Å². The molecule has 0 aromatic rings. The largest absolute Gasteiger partial charge is 0.353 e. The average molecular weight is 127 g/mol. The van der Waals surface area contributed by atoms with Gasteiger partial charge in [0.2, 0.25) is 0 Å². The highest BCUT2D eigenvalue weighted by Gasteiger charge is 1.35. The topological polar surface area (TPSA) is 0 Å². The van der Waals surface area contributed by atoms with Gasteiger partial charge < -0.3 is 0 Å². The van der Waals surface area contributed by atoms with E-state index in [-0.39, 0.29) is 0 Å². The molecule has 0 aliphatic heterocycles. The highest BCUT2D eigenvalue weighted by Crippen LogP contribution is 1.58. The van der Waals surface area contributed by atoms with E-state index < -0.39 is 0 Å². The van der Waals surface area contributed by atoms with Crippen LogP contribution in [-0.2, 0) is 0 Å². The fraction of sp³-hybridized carbons (Fsp3) is 1.00. The molecule has 0 fully saturated rings. The first-order valence-electron chi connectivity index (χ1n) is 1.40. The lowest BCUT2D eigenvalue weighted by Gasteiger charge is -1.48. The van der Waals surface area contributed by atoms with Gasteiger partial charge >= 0.3 is 15.4 Å². The Morgan fingerprint density at radius 1 is 1.80 bits per heavy atom. The first-order chi connectivity index (χ1) is 2.41. The van der Waals surface area contributed by atoms with Crippen molar-refractivity contribution in [3.8, 4) is 0 Å². The Morgan fingerprint density at radius 2 is 1.80 bits per heavy atom. The number of thiol groups is 1. The normalized spacial score (nSPS) is 4.60. The molecule has 0 nitrogen and oxygen atoms in total. The molecule has 0 N–H and O–H groups in total. The van der Waals surface area contributed by atoms with Gasteiger partial charge in [-0.2, -0.15) is 12.6 Å². The maximum absolute atomic E-state index is 4.78. The number of hydrogen-bond donors (Lipinski definition) is 1. The predicted octanol–water partition coefficient (Wildman–Crippen LogP) is 0.709. The van der Waals surface area contributed by atoms with Crippen molar-refractivity contribution in [2.45, 2.75) is 6.92 Å². The molecule has 5 heavy (non-hydrogen) atoms. The van der Waals surface area contributed by atoms with Crippen LogP contribution in [0.15, 0.2) is 0 Å². The third-order valence-electron chi connectivity index (χ3n) is 0. The zero-order valence-corrected chi connectivity index (χ0v) is 7.18. The second kappa shape index (κ2) is 19.1. The van der Waals surface area contributed by atoms with Gasteiger partial charge in [0.25, 0.3) is 0 Å². The average Bonchev–Trinajstić information content (AvgIpc) is 1.46. The van der Waals surface area contributed by atoms with Gasteiger partial charge in [-0.1, -0.05) is 6.92 Å². The summed E-state index contributed by atoms with van der Waals surface area (Å²) in [5, 5.41) is 0. The third-order valence-corrected chi connectivity index (χ3v) is 0. The van der Waals surface area contributed by atoms with E-state index in [9.17, 15) is 0 Å². The first kappa shape index (κ1) is 9.49. The van der Waals surface area contributed by atoms with Crippen LogP contribution in [0, 0.1) is 0 Å². The van der Waals surface area contributed by atoms with Crippen LogP contribution in [0.5, 0.6) is 0 Å². The summed E-state index contributed by atoms with van der Waals surface area (Å²) in [4.78, 5) is 0.